The van der Waals surface area contributed by atoms with Gasteiger partial charge in [-0.05, 0) is 48.5 Å². The van der Waals surface area contributed by atoms with Crippen molar-refractivity contribution in [3.63, 3.8) is 0 Å². The summed E-state index contributed by atoms with van der Waals surface area (Å²) >= 11 is 0. The van der Waals surface area contributed by atoms with Gasteiger partial charge < -0.3 is 23.8 Å². The minimum absolute atomic E-state index is 0.0511. The lowest BCUT2D eigenvalue weighted by Crippen LogP contribution is -2.52. The van der Waals surface area contributed by atoms with E-state index in [2.05, 4.69) is 10.6 Å². The maximum absolute atomic E-state index is 13.7. The van der Waals surface area contributed by atoms with Gasteiger partial charge in [-0.2, -0.15) is 0 Å². The van der Waals surface area contributed by atoms with Crippen molar-refractivity contribution in [2.45, 2.75) is 0 Å². The van der Waals surface area contributed by atoms with Gasteiger partial charge in [-0.1, -0.05) is 23.8 Å². The third-order valence-corrected chi connectivity index (χ3v) is 6.33. The van der Waals surface area contributed by atoms with E-state index < -0.39 is 17.8 Å². The lowest BCUT2D eigenvalue weighted by molar-refractivity contribution is -0.140. The van der Waals surface area contributed by atoms with Crippen LogP contribution in [0.1, 0.15) is 20.9 Å². The van der Waals surface area contributed by atoms with Crippen LogP contribution >= 0.6 is 0 Å². The predicted octanol–water partition coefficient (Wildman–Crippen LogP) is 2.22. The largest absolute Gasteiger partial charge is 0.497 e. The Balaban J connectivity index is 1.42. The second kappa shape index (κ2) is 11.7. The topological polar surface area (TPSA) is 134 Å². The molecule has 0 saturated carbocycles. The molecule has 0 unspecified atom stereocenters. The molecule has 2 saturated heterocycles. The number of hydrogen-bond donors (Lipinski definition) is 1. The molecular formula is C28H25N5O7. The smallest absolute Gasteiger partial charge is 0.376 e. The highest BCUT2D eigenvalue weighted by atomic mass is 16.7. The standard InChI is InChI=1S/C28H25N5O7/c1-38-21-11-9-20(10-12-21)33-23(28(37)40-30-33)18-22(29-25(34)19-6-3-2-4-7-19)26(35)31-13-15-32(16-14-31)27(36)24-8-5-17-39-24/h2-12,17-18,30H,13-16H2,1H3/b23-18+,29-22?. The van der Waals surface area contributed by atoms with Gasteiger partial charge in [0.2, 0.25) is 0 Å². The Morgan fingerprint density at radius 2 is 1.62 bits per heavy atom. The number of carbonyl (C=O) groups excluding carboxylic acids is 4. The molecule has 1 N–H and O–H groups in total. The number of amides is 3. The van der Waals surface area contributed by atoms with Crippen molar-refractivity contribution in [3.8, 4) is 5.75 Å². The van der Waals surface area contributed by atoms with E-state index in [0.717, 1.165) is 0 Å². The molecule has 0 bridgehead atoms. The zero-order valence-electron chi connectivity index (χ0n) is 21.5. The highest BCUT2D eigenvalue weighted by Crippen LogP contribution is 2.25. The van der Waals surface area contributed by atoms with Gasteiger partial charge in [-0.3, -0.25) is 14.4 Å². The van der Waals surface area contributed by atoms with Crippen molar-refractivity contribution >= 4 is 35.1 Å². The van der Waals surface area contributed by atoms with Crippen LogP contribution in [0.3, 0.4) is 0 Å². The molecule has 5 rings (SSSR count). The number of hydrogen-bond acceptors (Lipinski definition) is 9. The minimum Gasteiger partial charge on any atom is -0.497 e. The average molecular weight is 544 g/mol. The molecule has 0 spiro atoms. The summed E-state index contributed by atoms with van der Waals surface area (Å²) in [5.74, 6) is -1.44. The summed E-state index contributed by atoms with van der Waals surface area (Å²) in [6, 6.07) is 18.2. The van der Waals surface area contributed by atoms with Gasteiger partial charge in [-0.15, -0.1) is 0 Å². The quantitative estimate of drug-likeness (QED) is 0.367. The predicted molar refractivity (Wildman–Crippen MR) is 142 cm³/mol. The minimum atomic E-state index is -0.766. The summed E-state index contributed by atoms with van der Waals surface area (Å²) in [5.41, 5.74) is 3.00. The normalized spacial score (nSPS) is 16.7. The number of carbonyl (C=O) groups is 4. The van der Waals surface area contributed by atoms with Crippen molar-refractivity contribution in [3.05, 3.63) is 96.1 Å². The Morgan fingerprint density at radius 1 is 0.925 bits per heavy atom. The molecular weight excluding hydrogens is 518 g/mol. The molecule has 3 heterocycles. The Morgan fingerprint density at radius 3 is 2.27 bits per heavy atom. The Bertz CT molecular complexity index is 1460. The second-order valence-electron chi connectivity index (χ2n) is 8.77. The molecule has 0 aliphatic carbocycles. The molecule has 0 atom stereocenters. The van der Waals surface area contributed by atoms with Crippen LogP contribution < -0.4 is 15.3 Å². The van der Waals surface area contributed by atoms with E-state index in [1.54, 1.807) is 71.6 Å². The summed E-state index contributed by atoms with van der Waals surface area (Å²) in [6.07, 6.45) is 2.64. The molecule has 3 amide bonds. The SMILES string of the molecule is COc1ccc(N2NOC(=O)/C2=C\C(=NC(=O)c2ccccc2)C(=O)N2CCN(C(=O)c3ccco3)CC2)cc1. The fraction of sp³-hybridized carbons (Fsp3) is 0.179. The molecule has 0 radical (unpaired) electrons. The fourth-order valence-electron chi connectivity index (χ4n) is 4.18. The number of benzene rings is 2. The van der Waals surface area contributed by atoms with E-state index >= 15 is 0 Å². The van der Waals surface area contributed by atoms with Gasteiger partial charge in [-0.25, -0.2) is 14.8 Å². The number of furan rings is 1. The van der Waals surface area contributed by atoms with Gasteiger partial charge in [0.15, 0.2) is 11.5 Å². The first-order valence-electron chi connectivity index (χ1n) is 12.4. The third-order valence-electron chi connectivity index (χ3n) is 6.33. The number of aliphatic imine (C=N–C) groups is 1. The van der Waals surface area contributed by atoms with Crippen LogP contribution in [0.5, 0.6) is 5.75 Å². The van der Waals surface area contributed by atoms with Crippen LogP contribution in [-0.4, -0.2) is 72.5 Å². The maximum atomic E-state index is 13.7. The van der Waals surface area contributed by atoms with E-state index in [1.807, 2.05) is 0 Å². The third kappa shape index (κ3) is 5.61. The second-order valence-corrected chi connectivity index (χ2v) is 8.77. The van der Waals surface area contributed by atoms with Gasteiger partial charge in [0.05, 0.1) is 19.1 Å². The summed E-state index contributed by atoms with van der Waals surface area (Å²) in [4.78, 5) is 64.1. The Kier molecular flexibility index (Phi) is 7.69. The highest BCUT2D eigenvalue weighted by Gasteiger charge is 2.33. The average Bonchev–Trinajstić information content (AvgIpc) is 3.67. The van der Waals surface area contributed by atoms with Crippen LogP contribution in [-0.2, 0) is 14.4 Å². The number of methoxy groups -OCH3 is 1. The number of anilines is 1. The zero-order chi connectivity index (χ0) is 28.1. The molecule has 2 aromatic carbocycles. The summed E-state index contributed by atoms with van der Waals surface area (Å²) < 4.78 is 10.4. The number of nitrogens with one attached hydrogen (secondary N) is 1. The molecule has 12 nitrogen and oxygen atoms in total. The summed E-state index contributed by atoms with van der Waals surface area (Å²) in [7, 11) is 1.53. The highest BCUT2D eigenvalue weighted by molar-refractivity contribution is 6.45. The number of rotatable bonds is 6. The first-order chi connectivity index (χ1) is 19.4. The van der Waals surface area contributed by atoms with Crippen LogP contribution in [0.4, 0.5) is 5.69 Å². The van der Waals surface area contributed by atoms with E-state index in [4.69, 9.17) is 14.0 Å². The number of piperazine rings is 1. The zero-order valence-corrected chi connectivity index (χ0v) is 21.5. The van der Waals surface area contributed by atoms with Gasteiger partial charge in [0, 0.05) is 37.8 Å². The van der Waals surface area contributed by atoms with E-state index in [9.17, 15) is 19.2 Å². The molecule has 2 aliphatic rings. The van der Waals surface area contributed by atoms with Crippen molar-refractivity contribution in [2.24, 2.45) is 4.99 Å². The molecule has 2 fully saturated rings. The molecule has 40 heavy (non-hydrogen) atoms. The maximum Gasteiger partial charge on any atom is 0.376 e. The van der Waals surface area contributed by atoms with Crippen molar-refractivity contribution in [2.75, 3.05) is 38.3 Å². The number of ether oxygens (including phenoxy) is 1. The molecule has 1 aromatic heterocycles. The van der Waals surface area contributed by atoms with E-state index in [1.165, 1.54) is 29.4 Å². The molecule has 2 aliphatic heterocycles. The molecule has 204 valence electrons. The van der Waals surface area contributed by atoms with Crippen LogP contribution in [0.15, 0.2) is 94.2 Å². The van der Waals surface area contributed by atoms with Crippen molar-refractivity contribution in [1.29, 1.82) is 0 Å². The molecule has 3 aromatic rings. The van der Waals surface area contributed by atoms with Gasteiger partial charge >= 0.3 is 5.97 Å². The van der Waals surface area contributed by atoms with Gasteiger partial charge in [0.25, 0.3) is 17.7 Å². The van der Waals surface area contributed by atoms with Crippen molar-refractivity contribution < 1.29 is 33.2 Å². The Labute approximate surface area is 229 Å². The first kappa shape index (κ1) is 26.4. The lowest BCUT2D eigenvalue weighted by atomic mass is 10.2. The van der Waals surface area contributed by atoms with Crippen LogP contribution in [0, 0.1) is 0 Å². The van der Waals surface area contributed by atoms with Crippen molar-refractivity contribution in [1.82, 2.24) is 15.4 Å². The Hall–Kier alpha value is -5.23. The van der Waals surface area contributed by atoms with E-state index in [-0.39, 0.29) is 54.8 Å². The number of hydrazine groups is 1. The number of nitrogens with zero attached hydrogens (tertiary/aromatic N) is 4. The van der Waals surface area contributed by atoms with Gasteiger partial charge in [0.1, 0.15) is 11.5 Å². The summed E-state index contributed by atoms with van der Waals surface area (Å²) in [6.45, 7) is 0.891. The fourth-order valence-corrected chi connectivity index (χ4v) is 4.18. The van der Waals surface area contributed by atoms with E-state index in [0.29, 0.717) is 11.4 Å². The lowest BCUT2D eigenvalue weighted by Gasteiger charge is -2.34. The molecule has 12 heteroatoms. The monoisotopic (exact) mass is 543 g/mol. The summed E-state index contributed by atoms with van der Waals surface area (Å²) in [5, 5.41) is 1.33. The first-order valence-corrected chi connectivity index (χ1v) is 12.4. The van der Waals surface area contributed by atoms with Crippen LogP contribution in [0.2, 0.25) is 0 Å². The van der Waals surface area contributed by atoms with Crippen LogP contribution in [0.25, 0.3) is 0 Å².